The third-order valence-corrected chi connectivity index (χ3v) is 8.37. The highest BCUT2D eigenvalue weighted by Crippen LogP contribution is 2.68. The van der Waals surface area contributed by atoms with E-state index < -0.39 is 77.5 Å². The molecule has 1 aliphatic heterocycles. The summed E-state index contributed by atoms with van der Waals surface area (Å²) in [7, 11) is 0. The molecule has 156 valence electrons. The van der Waals surface area contributed by atoms with Gasteiger partial charge in [0.1, 0.15) is 12.2 Å². The van der Waals surface area contributed by atoms with Crippen molar-refractivity contribution in [1.29, 1.82) is 0 Å². The fourth-order valence-corrected chi connectivity index (χ4v) is 7.17. The molecule has 0 aromatic heterocycles. The summed E-state index contributed by atoms with van der Waals surface area (Å²) in [6.07, 6.45) is -4.73. The summed E-state index contributed by atoms with van der Waals surface area (Å²) in [6.45, 7) is 4.72. The number of ketones is 1. The highest BCUT2D eigenvalue weighted by molar-refractivity contribution is 5.96. The number of aliphatic hydroxyl groups is 5. The van der Waals surface area contributed by atoms with Crippen LogP contribution in [-0.2, 0) is 14.3 Å². The van der Waals surface area contributed by atoms with Crippen LogP contribution in [0.25, 0.3) is 0 Å². The Morgan fingerprint density at radius 3 is 2.36 bits per heavy atom. The number of carbonyl (C=O) groups is 2. The van der Waals surface area contributed by atoms with E-state index in [4.69, 9.17) is 4.74 Å². The van der Waals surface area contributed by atoms with Crippen molar-refractivity contribution in [1.82, 2.24) is 0 Å². The topological polar surface area (TPSA) is 145 Å². The Kier molecular flexibility index (Phi) is 4.34. The summed E-state index contributed by atoms with van der Waals surface area (Å²) in [6, 6.07) is 0. The summed E-state index contributed by atoms with van der Waals surface area (Å²) in [4.78, 5) is 24.8. The van der Waals surface area contributed by atoms with Crippen LogP contribution in [0, 0.1) is 34.5 Å². The van der Waals surface area contributed by atoms with Crippen molar-refractivity contribution in [2.75, 3.05) is 6.61 Å². The molecule has 0 radical (unpaired) electrons. The van der Waals surface area contributed by atoms with E-state index in [9.17, 15) is 35.1 Å². The lowest BCUT2D eigenvalue weighted by molar-refractivity contribution is -0.307. The molecule has 8 heteroatoms. The first kappa shape index (κ1) is 20.0. The van der Waals surface area contributed by atoms with Crippen LogP contribution in [0.15, 0.2) is 11.6 Å². The number of allylic oxidation sites excluding steroid dienone is 1. The molecule has 8 nitrogen and oxygen atoms in total. The predicted molar refractivity (Wildman–Crippen MR) is 94.5 cm³/mol. The minimum Gasteiger partial charge on any atom is -0.460 e. The first-order chi connectivity index (χ1) is 13.0. The molecular weight excluding hydrogens is 368 g/mol. The van der Waals surface area contributed by atoms with Crippen molar-refractivity contribution in [2.24, 2.45) is 34.5 Å². The summed E-state index contributed by atoms with van der Waals surface area (Å²) in [5, 5.41) is 53.3. The molecule has 0 aromatic carbocycles. The smallest absolute Gasteiger partial charge is 0.335 e. The molecule has 1 saturated heterocycles. The van der Waals surface area contributed by atoms with E-state index in [1.807, 2.05) is 0 Å². The highest BCUT2D eigenvalue weighted by Gasteiger charge is 2.74. The van der Waals surface area contributed by atoms with Gasteiger partial charge in [0.05, 0.1) is 12.2 Å². The summed E-state index contributed by atoms with van der Waals surface area (Å²) in [5.74, 6) is -4.27. The van der Waals surface area contributed by atoms with Crippen LogP contribution in [0.5, 0.6) is 0 Å². The van der Waals surface area contributed by atoms with Crippen molar-refractivity contribution < 1.29 is 39.9 Å². The van der Waals surface area contributed by atoms with Gasteiger partial charge in [-0.1, -0.05) is 19.4 Å². The Balaban J connectivity index is 1.96. The quantitative estimate of drug-likeness (QED) is 0.347. The summed E-state index contributed by atoms with van der Waals surface area (Å²) in [5.41, 5.74) is -1.43. The van der Waals surface area contributed by atoms with E-state index in [0.29, 0.717) is 6.42 Å². The standard InChI is InChI=1S/C20H28O8/c1-7-4-10(22)17(26)19(2)9(7)5-11-20(3)12(14(24)18(27)28-11)8(6-21)13(23)15(25)16(19)20/h4,8-9,11-17,21,23-26H,5-6H2,1-3H3/t8-,9+,11-,12-,13-,14-,15+,16-,17-,19+,20+/m1/s1. The van der Waals surface area contributed by atoms with Crippen molar-refractivity contribution in [3.8, 4) is 0 Å². The molecule has 1 heterocycles. The normalized spacial score (nSPS) is 55.7. The predicted octanol–water partition coefficient (Wildman–Crippen LogP) is -1.23. The number of rotatable bonds is 1. The second-order valence-electron chi connectivity index (χ2n) is 9.42. The number of carbonyl (C=O) groups excluding carboxylic acids is 2. The molecule has 11 atom stereocenters. The number of fused-ring (bicyclic) bond motifs is 2. The van der Waals surface area contributed by atoms with Gasteiger partial charge in [-0.3, -0.25) is 4.79 Å². The first-order valence-corrected chi connectivity index (χ1v) is 9.76. The van der Waals surface area contributed by atoms with E-state index in [-0.39, 0.29) is 5.92 Å². The van der Waals surface area contributed by atoms with Crippen LogP contribution >= 0.6 is 0 Å². The lowest BCUT2D eigenvalue weighted by Crippen LogP contribution is -2.76. The van der Waals surface area contributed by atoms with E-state index in [1.54, 1.807) is 20.8 Å². The monoisotopic (exact) mass is 396 g/mol. The number of ether oxygens (including phenoxy) is 1. The molecule has 4 aliphatic rings. The van der Waals surface area contributed by atoms with Gasteiger partial charge in [-0.2, -0.15) is 0 Å². The van der Waals surface area contributed by atoms with Crippen LogP contribution in [0.3, 0.4) is 0 Å². The van der Waals surface area contributed by atoms with Gasteiger partial charge in [0.15, 0.2) is 11.9 Å². The van der Waals surface area contributed by atoms with Crippen LogP contribution in [-0.4, -0.2) is 74.4 Å². The Hall–Kier alpha value is -1.32. The number of aliphatic hydroxyl groups excluding tert-OH is 5. The lowest BCUT2D eigenvalue weighted by Gasteiger charge is -2.69. The zero-order chi connectivity index (χ0) is 20.8. The van der Waals surface area contributed by atoms with Crippen molar-refractivity contribution in [2.45, 2.75) is 57.7 Å². The molecule has 0 amide bonds. The molecule has 3 aliphatic carbocycles. The molecule has 3 fully saturated rings. The van der Waals surface area contributed by atoms with E-state index in [0.717, 1.165) is 5.57 Å². The Morgan fingerprint density at radius 2 is 1.75 bits per heavy atom. The molecule has 0 bridgehead atoms. The fraction of sp³-hybridized carbons (Fsp3) is 0.800. The van der Waals surface area contributed by atoms with Gasteiger partial charge in [-0.25, -0.2) is 4.79 Å². The number of esters is 1. The van der Waals surface area contributed by atoms with Crippen molar-refractivity contribution in [3.05, 3.63) is 11.6 Å². The van der Waals surface area contributed by atoms with Gasteiger partial charge < -0.3 is 30.3 Å². The molecular formula is C20H28O8. The van der Waals surface area contributed by atoms with Gasteiger partial charge in [0.25, 0.3) is 0 Å². The maximum atomic E-state index is 12.5. The average Bonchev–Trinajstić information content (AvgIpc) is 2.63. The third kappa shape index (κ3) is 2.13. The van der Waals surface area contributed by atoms with Crippen LogP contribution in [0.4, 0.5) is 0 Å². The second-order valence-corrected chi connectivity index (χ2v) is 9.42. The molecule has 0 unspecified atom stereocenters. The van der Waals surface area contributed by atoms with Crippen molar-refractivity contribution >= 4 is 11.8 Å². The number of hydrogen-bond acceptors (Lipinski definition) is 8. The van der Waals surface area contributed by atoms with Crippen molar-refractivity contribution in [3.63, 3.8) is 0 Å². The number of hydrogen-bond donors (Lipinski definition) is 5. The summed E-state index contributed by atoms with van der Waals surface area (Å²) < 4.78 is 5.57. The summed E-state index contributed by atoms with van der Waals surface area (Å²) >= 11 is 0. The fourth-order valence-electron chi connectivity index (χ4n) is 7.17. The molecule has 0 aromatic rings. The van der Waals surface area contributed by atoms with Crippen LogP contribution in [0.2, 0.25) is 0 Å². The maximum absolute atomic E-state index is 12.5. The zero-order valence-electron chi connectivity index (χ0n) is 16.1. The first-order valence-electron chi connectivity index (χ1n) is 9.76. The highest BCUT2D eigenvalue weighted by atomic mass is 16.6. The van der Waals surface area contributed by atoms with E-state index >= 15 is 0 Å². The van der Waals surface area contributed by atoms with Gasteiger partial charge in [-0.15, -0.1) is 0 Å². The third-order valence-electron chi connectivity index (χ3n) is 8.37. The molecule has 0 spiro atoms. The van der Waals surface area contributed by atoms with E-state index in [1.165, 1.54) is 6.08 Å². The van der Waals surface area contributed by atoms with Gasteiger partial charge in [0, 0.05) is 35.2 Å². The molecule has 2 saturated carbocycles. The van der Waals surface area contributed by atoms with Gasteiger partial charge in [-0.05, 0) is 25.3 Å². The van der Waals surface area contributed by atoms with Crippen LogP contribution < -0.4 is 0 Å². The molecule has 5 N–H and O–H groups in total. The molecule has 4 rings (SSSR count). The minimum absolute atomic E-state index is 0.325. The second kappa shape index (κ2) is 6.09. The zero-order valence-corrected chi connectivity index (χ0v) is 16.1. The SMILES string of the molecule is CC1=CC(=O)[C@@H](O)[C@]2(C)[C@H]3[C@@H](O)[C@H](O)[C@H](CO)[C@@H]4[C@@H](O)C(=O)O[C@H](C[C@@H]12)[C@@]43C. The minimum atomic E-state index is -1.57. The van der Waals surface area contributed by atoms with Gasteiger partial charge >= 0.3 is 5.97 Å². The lowest BCUT2D eigenvalue weighted by atomic mass is 9.38. The van der Waals surface area contributed by atoms with E-state index in [2.05, 4.69) is 0 Å². The molecule has 28 heavy (non-hydrogen) atoms. The van der Waals surface area contributed by atoms with Gasteiger partial charge in [0.2, 0.25) is 0 Å². The largest absolute Gasteiger partial charge is 0.460 e. The van der Waals surface area contributed by atoms with Crippen LogP contribution in [0.1, 0.15) is 27.2 Å². The Morgan fingerprint density at radius 1 is 1.11 bits per heavy atom. The Labute approximate surface area is 162 Å². The average molecular weight is 396 g/mol. The Bertz CT molecular complexity index is 748. The maximum Gasteiger partial charge on any atom is 0.335 e.